The highest BCUT2D eigenvalue weighted by Crippen LogP contribution is 2.29. The topological polar surface area (TPSA) is 165 Å². The molecule has 0 radical (unpaired) electrons. The van der Waals surface area contributed by atoms with Crippen molar-refractivity contribution in [3.8, 4) is 6.07 Å². The molecule has 2 aromatic rings. The van der Waals surface area contributed by atoms with Crippen LogP contribution in [-0.4, -0.2) is 86.9 Å². The van der Waals surface area contributed by atoms with Crippen LogP contribution in [0.2, 0.25) is 0 Å². The van der Waals surface area contributed by atoms with E-state index in [0.717, 1.165) is 36.9 Å². The molecule has 2 saturated heterocycles. The molecule has 12 nitrogen and oxygen atoms in total. The Morgan fingerprint density at radius 1 is 1.22 bits per heavy atom. The molecule has 0 aromatic carbocycles. The molecule has 4 heterocycles. The molecule has 36 heavy (non-hydrogen) atoms. The van der Waals surface area contributed by atoms with Gasteiger partial charge in [0, 0.05) is 26.3 Å². The number of anilines is 1. The lowest BCUT2D eigenvalue weighted by atomic mass is 9.92. The second-order valence-corrected chi connectivity index (χ2v) is 8.88. The number of nitriles is 1. The number of carbonyl (C=O) groups excluding carboxylic acids is 1. The summed E-state index contributed by atoms with van der Waals surface area (Å²) in [6.07, 6.45) is 3.98. The van der Waals surface area contributed by atoms with Gasteiger partial charge in [-0.25, -0.2) is 19.3 Å². The summed E-state index contributed by atoms with van der Waals surface area (Å²) in [5.41, 5.74) is 0.329. The molecule has 4 rings (SSSR count). The van der Waals surface area contributed by atoms with Gasteiger partial charge in [0.05, 0.1) is 23.4 Å². The third-order valence-electron chi connectivity index (χ3n) is 6.69. The summed E-state index contributed by atoms with van der Waals surface area (Å²) < 4.78 is 1.06. The van der Waals surface area contributed by atoms with E-state index in [-0.39, 0.29) is 36.7 Å². The first-order valence-electron chi connectivity index (χ1n) is 11.6. The number of hydrogen-bond acceptors (Lipinski definition) is 8. The standard InChI is InChI=1S/C17H20N6O3.C6H11NO2.ClH/c1-11-4-7-22(14(24)3-6-18)9-13(11)21(2)15-12-5-8-23(17(25)26)16(12)20-10-19-15;8-6(9)5-1-3-7-4-2-5;/h5,8,10-11,13H,3-4,7,9H2,1-2H3,(H,25,26);5,7H,1-4H2,(H,8,9);1H/t11-,13+;;/m1../s1. The Kier molecular flexibility index (Phi) is 10.4. The van der Waals surface area contributed by atoms with E-state index in [2.05, 4.69) is 22.2 Å². The number of aliphatic carboxylic acids is 1. The summed E-state index contributed by atoms with van der Waals surface area (Å²) in [4.78, 5) is 45.8. The molecule has 13 heteroatoms. The number of fused-ring (bicyclic) bond motifs is 1. The first kappa shape index (κ1) is 28.8. The van der Waals surface area contributed by atoms with Crippen molar-refractivity contribution in [3.63, 3.8) is 0 Å². The molecule has 2 aliphatic rings. The minimum absolute atomic E-state index is 0. The van der Waals surface area contributed by atoms with Crippen LogP contribution in [0.1, 0.15) is 32.6 Å². The second kappa shape index (κ2) is 13.0. The lowest BCUT2D eigenvalue weighted by molar-refractivity contribution is -0.142. The number of rotatable bonds is 4. The van der Waals surface area contributed by atoms with Gasteiger partial charge in [-0.05, 0) is 44.3 Å². The van der Waals surface area contributed by atoms with Crippen LogP contribution in [0.15, 0.2) is 18.6 Å². The molecule has 0 aliphatic carbocycles. The maximum absolute atomic E-state index is 12.1. The number of likely N-dealkylation sites (tertiary alicyclic amines) is 1. The zero-order valence-corrected chi connectivity index (χ0v) is 21.1. The minimum atomic E-state index is -1.10. The molecular weight excluding hydrogens is 490 g/mol. The van der Waals surface area contributed by atoms with E-state index in [4.69, 9.17) is 10.4 Å². The molecule has 0 unspecified atom stereocenters. The molecular formula is C23H32ClN7O5. The van der Waals surface area contributed by atoms with Gasteiger partial charge in [0.15, 0.2) is 5.65 Å². The number of hydrogen-bond donors (Lipinski definition) is 3. The SMILES string of the molecule is C[C@@H]1CCN(C(=O)CC#N)C[C@@H]1N(C)c1ncnc2c1ccn2C(=O)O.Cl.O=C(O)C1CCNCC1. The monoisotopic (exact) mass is 521 g/mol. The number of amides is 1. The van der Waals surface area contributed by atoms with Crippen LogP contribution in [-0.2, 0) is 9.59 Å². The Morgan fingerprint density at radius 2 is 1.92 bits per heavy atom. The fraction of sp³-hybridized carbons (Fsp3) is 0.565. The van der Waals surface area contributed by atoms with Crippen molar-refractivity contribution < 1.29 is 24.6 Å². The highest BCUT2D eigenvalue weighted by atomic mass is 35.5. The van der Waals surface area contributed by atoms with E-state index in [1.54, 1.807) is 11.0 Å². The summed E-state index contributed by atoms with van der Waals surface area (Å²) in [6.45, 7) is 4.98. The molecule has 0 bridgehead atoms. The van der Waals surface area contributed by atoms with Gasteiger partial charge in [0.25, 0.3) is 0 Å². The smallest absolute Gasteiger partial charge is 0.417 e. The fourth-order valence-corrected chi connectivity index (χ4v) is 4.56. The minimum Gasteiger partial charge on any atom is -0.481 e. The van der Waals surface area contributed by atoms with Crippen LogP contribution in [0.3, 0.4) is 0 Å². The number of aromatic nitrogens is 3. The maximum Gasteiger partial charge on any atom is 0.417 e. The van der Waals surface area contributed by atoms with Crippen LogP contribution in [0.4, 0.5) is 10.6 Å². The number of carboxylic acid groups (broad SMARTS) is 2. The molecule has 2 aliphatic heterocycles. The van der Waals surface area contributed by atoms with Crippen molar-refractivity contribution in [2.75, 3.05) is 38.1 Å². The van der Waals surface area contributed by atoms with Gasteiger partial charge in [-0.3, -0.25) is 9.59 Å². The summed E-state index contributed by atoms with van der Waals surface area (Å²) in [7, 11) is 1.89. The molecule has 2 atom stereocenters. The Bertz CT molecular complexity index is 1110. The van der Waals surface area contributed by atoms with Gasteiger partial charge in [-0.15, -0.1) is 12.4 Å². The average molecular weight is 522 g/mol. The quantitative estimate of drug-likeness (QED) is 0.542. The van der Waals surface area contributed by atoms with Crippen LogP contribution in [0.5, 0.6) is 0 Å². The Morgan fingerprint density at radius 3 is 2.50 bits per heavy atom. The lowest BCUT2D eigenvalue weighted by Gasteiger charge is -2.42. The van der Waals surface area contributed by atoms with Crippen molar-refractivity contribution in [2.45, 2.75) is 38.6 Å². The van der Waals surface area contributed by atoms with Crippen LogP contribution < -0.4 is 10.2 Å². The molecule has 2 aromatic heterocycles. The van der Waals surface area contributed by atoms with Crippen molar-refractivity contribution >= 4 is 47.2 Å². The first-order chi connectivity index (χ1) is 16.7. The van der Waals surface area contributed by atoms with Crippen molar-refractivity contribution in [2.24, 2.45) is 11.8 Å². The van der Waals surface area contributed by atoms with Crippen LogP contribution >= 0.6 is 12.4 Å². The second-order valence-electron chi connectivity index (χ2n) is 8.88. The Balaban J connectivity index is 0.000000386. The van der Waals surface area contributed by atoms with E-state index in [1.165, 1.54) is 12.5 Å². The van der Waals surface area contributed by atoms with E-state index < -0.39 is 12.1 Å². The molecule has 0 spiro atoms. The fourth-order valence-electron chi connectivity index (χ4n) is 4.56. The molecule has 1 amide bonds. The lowest BCUT2D eigenvalue weighted by Crippen LogP contribution is -2.52. The third kappa shape index (κ3) is 6.61. The average Bonchev–Trinajstić information content (AvgIpc) is 3.30. The summed E-state index contributed by atoms with van der Waals surface area (Å²) in [5.74, 6) is 0.0459. The van der Waals surface area contributed by atoms with Crippen molar-refractivity contribution in [1.82, 2.24) is 24.8 Å². The summed E-state index contributed by atoms with van der Waals surface area (Å²) in [6, 6.07) is 3.60. The zero-order valence-electron chi connectivity index (χ0n) is 20.3. The van der Waals surface area contributed by atoms with Crippen molar-refractivity contribution in [3.05, 3.63) is 18.6 Å². The number of nitrogens with zero attached hydrogens (tertiary/aromatic N) is 6. The number of nitrogens with one attached hydrogen (secondary N) is 1. The van der Waals surface area contributed by atoms with E-state index >= 15 is 0 Å². The number of carboxylic acids is 1. The van der Waals surface area contributed by atoms with Gasteiger partial charge in [0.2, 0.25) is 5.91 Å². The van der Waals surface area contributed by atoms with E-state index in [9.17, 15) is 19.5 Å². The highest BCUT2D eigenvalue weighted by Gasteiger charge is 2.32. The number of halogens is 1. The maximum atomic E-state index is 12.1. The molecule has 196 valence electrons. The predicted octanol–water partition coefficient (Wildman–Crippen LogP) is 2.04. The highest BCUT2D eigenvalue weighted by molar-refractivity contribution is 5.93. The first-order valence-corrected chi connectivity index (χ1v) is 11.6. The molecule has 2 fully saturated rings. The van der Waals surface area contributed by atoms with Gasteiger partial charge >= 0.3 is 12.1 Å². The Hall–Kier alpha value is -3.43. The number of piperidine rings is 2. The third-order valence-corrected chi connectivity index (χ3v) is 6.69. The van der Waals surface area contributed by atoms with E-state index in [0.29, 0.717) is 35.9 Å². The van der Waals surface area contributed by atoms with Crippen LogP contribution in [0, 0.1) is 23.2 Å². The largest absolute Gasteiger partial charge is 0.481 e. The zero-order chi connectivity index (χ0) is 25.5. The van der Waals surface area contributed by atoms with Crippen molar-refractivity contribution in [1.29, 1.82) is 5.26 Å². The predicted molar refractivity (Wildman–Crippen MR) is 134 cm³/mol. The molecule has 3 N–H and O–H groups in total. The Labute approximate surface area is 215 Å². The number of likely N-dealkylation sites (N-methyl/N-ethyl adjacent to an activating group) is 1. The van der Waals surface area contributed by atoms with Gasteiger partial charge in [-0.2, -0.15) is 5.26 Å². The van der Waals surface area contributed by atoms with Gasteiger partial charge in [-0.1, -0.05) is 6.92 Å². The van der Waals surface area contributed by atoms with Gasteiger partial charge in [0.1, 0.15) is 18.6 Å². The van der Waals surface area contributed by atoms with Gasteiger partial charge < -0.3 is 25.3 Å². The summed E-state index contributed by atoms with van der Waals surface area (Å²) in [5, 5.41) is 30.3. The van der Waals surface area contributed by atoms with Crippen LogP contribution in [0.25, 0.3) is 11.0 Å². The number of carbonyl (C=O) groups is 3. The van der Waals surface area contributed by atoms with E-state index in [1.807, 2.05) is 18.0 Å². The normalized spacial score (nSPS) is 19.9. The molecule has 0 saturated carbocycles. The summed E-state index contributed by atoms with van der Waals surface area (Å²) >= 11 is 0.